The van der Waals surface area contributed by atoms with E-state index in [9.17, 15) is 0 Å². The summed E-state index contributed by atoms with van der Waals surface area (Å²) in [5, 5.41) is 0.607. The standard InChI is InChI=1S/C12H16ClNO2/c1-2-9(14)5-8-6-10(13)12-11(7-8)15-3-4-16-12/h6-7,9H,2-5,14H2,1H3. The lowest BCUT2D eigenvalue weighted by atomic mass is 10.0. The van der Waals surface area contributed by atoms with Gasteiger partial charge in [-0.25, -0.2) is 0 Å². The Bertz CT molecular complexity index is 382. The van der Waals surface area contributed by atoms with Crippen molar-refractivity contribution in [2.75, 3.05) is 13.2 Å². The normalized spacial score (nSPS) is 15.9. The molecule has 4 heteroatoms. The van der Waals surface area contributed by atoms with Gasteiger partial charge in [-0.1, -0.05) is 18.5 Å². The van der Waals surface area contributed by atoms with Gasteiger partial charge in [0.2, 0.25) is 0 Å². The van der Waals surface area contributed by atoms with Crippen LogP contribution in [-0.2, 0) is 6.42 Å². The van der Waals surface area contributed by atoms with E-state index in [2.05, 4.69) is 6.92 Å². The molecule has 2 rings (SSSR count). The molecule has 2 N–H and O–H groups in total. The van der Waals surface area contributed by atoms with E-state index in [1.165, 1.54) is 0 Å². The Kier molecular flexibility index (Phi) is 3.56. The van der Waals surface area contributed by atoms with Crippen molar-refractivity contribution >= 4 is 11.6 Å². The average Bonchev–Trinajstić information content (AvgIpc) is 2.29. The number of halogens is 1. The van der Waals surface area contributed by atoms with Crippen LogP contribution < -0.4 is 15.2 Å². The first-order valence-electron chi connectivity index (χ1n) is 5.54. The van der Waals surface area contributed by atoms with Gasteiger partial charge in [0.25, 0.3) is 0 Å². The van der Waals surface area contributed by atoms with Crippen LogP contribution >= 0.6 is 11.6 Å². The van der Waals surface area contributed by atoms with Gasteiger partial charge >= 0.3 is 0 Å². The van der Waals surface area contributed by atoms with Crippen molar-refractivity contribution in [3.63, 3.8) is 0 Å². The van der Waals surface area contributed by atoms with Gasteiger partial charge in [0.05, 0.1) is 5.02 Å². The third kappa shape index (κ3) is 2.42. The SMILES string of the molecule is CCC(N)Cc1cc(Cl)c2c(c1)OCCO2. The number of hydrogen-bond acceptors (Lipinski definition) is 3. The molecule has 1 heterocycles. The van der Waals surface area contributed by atoms with E-state index in [0.717, 1.165) is 24.2 Å². The number of ether oxygens (including phenoxy) is 2. The van der Waals surface area contributed by atoms with Crippen molar-refractivity contribution in [2.45, 2.75) is 25.8 Å². The van der Waals surface area contributed by atoms with Crippen molar-refractivity contribution in [2.24, 2.45) is 5.73 Å². The molecule has 3 nitrogen and oxygen atoms in total. The predicted octanol–water partition coefficient (Wildman–Crippen LogP) is 2.39. The van der Waals surface area contributed by atoms with Gasteiger partial charge in [0, 0.05) is 6.04 Å². The number of benzene rings is 1. The second kappa shape index (κ2) is 4.93. The van der Waals surface area contributed by atoms with Crippen molar-refractivity contribution in [1.82, 2.24) is 0 Å². The molecule has 1 aromatic carbocycles. The van der Waals surface area contributed by atoms with Crippen LogP contribution in [-0.4, -0.2) is 19.3 Å². The van der Waals surface area contributed by atoms with Gasteiger partial charge in [-0.2, -0.15) is 0 Å². The Balaban J connectivity index is 2.24. The molecule has 1 unspecified atom stereocenters. The Morgan fingerprint density at radius 1 is 1.38 bits per heavy atom. The monoisotopic (exact) mass is 241 g/mol. The Hall–Kier alpha value is -0.930. The van der Waals surface area contributed by atoms with Crippen LogP contribution in [0.2, 0.25) is 5.02 Å². The molecule has 88 valence electrons. The van der Waals surface area contributed by atoms with Crippen LogP contribution in [0.25, 0.3) is 0 Å². The molecular weight excluding hydrogens is 226 g/mol. The van der Waals surface area contributed by atoms with Crippen LogP contribution in [0.4, 0.5) is 0 Å². The molecular formula is C12H16ClNO2. The van der Waals surface area contributed by atoms with E-state index in [-0.39, 0.29) is 6.04 Å². The fraction of sp³-hybridized carbons (Fsp3) is 0.500. The summed E-state index contributed by atoms with van der Waals surface area (Å²) in [6.45, 7) is 3.21. The zero-order chi connectivity index (χ0) is 11.5. The molecule has 0 saturated heterocycles. The van der Waals surface area contributed by atoms with Gasteiger partial charge in [0.1, 0.15) is 13.2 Å². The maximum atomic E-state index is 6.13. The van der Waals surface area contributed by atoms with Gasteiger partial charge in [-0.3, -0.25) is 0 Å². The van der Waals surface area contributed by atoms with Gasteiger partial charge in [0.15, 0.2) is 11.5 Å². The molecule has 0 aromatic heterocycles. The van der Waals surface area contributed by atoms with Gasteiger partial charge in [-0.15, -0.1) is 0 Å². The number of nitrogens with two attached hydrogens (primary N) is 1. The number of rotatable bonds is 3. The van der Waals surface area contributed by atoms with Crippen LogP contribution in [0, 0.1) is 0 Å². The fourth-order valence-electron chi connectivity index (χ4n) is 1.73. The van der Waals surface area contributed by atoms with E-state index in [1.54, 1.807) is 0 Å². The molecule has 0 spiro atoms. The second-order valence-corrected chi connectivity index (χ2v) is 4.38. The largest absolute Gasteiger partial charge is 0.486 e. The molecule has 1 atom stereocenters. The van der Waals surface area contributed by atoms with E-state index < -0.39 is 0 Å². The highest BCUT2D eigenvalue weighted by molar-refractivity contribution is 6.32. The highest BCUT2D eigenvalue weighted by atomic mass is 35.5. The topological polar surface area (TPSA) is 44.5 Å². The summed E-state index contributed by atoms with van der Waals surface area (Å²) in [6, 6.07) is 4.04. The van der Waals surface area contributed by atoms with Crippen LogP contribution in [0.15, 0.2) is 12.1 Å². The lowest BCUT2D eigenvalue weighted by Gasteiger charge is -2.20. The van der Waals surface area contributed by atoms with E-state index in [1.807, 2.05) is 12.1 Å². The zero-order valence-corrected chi connectivity index (χ0v) is 10.1. The third-order valence-electron chi connectivity index (χ3n) is 2.68. The van der Waals surface area contributed by atoms with Crippen molar-refractivity contribution in [1.29, 1.82) is 0 Å². The summed E-state index contributed by atoms with van der Waals surface area (Å²) >= 11 is 6.13. The number of hydrogen-bond donors (Lipinski definition) is 1. The first-order valence-corrected chi connectivity index (χ1v) is 5.92. The minimum atomic E-state index is 0.165. The summed E-state index contributed by atoms with van der Waals surface area (Å²) in [5.74, 6) is 1.39. The maximum absolute atomic E-state index is 6.13. The molecule has 0 radical (unpaired) electrons. The van der Waals surface area contributed by atoms with Crippen molar-refractivity contribution in [3.05, 3.63) is 22.7 Å². The summed E-state index contributed by atoms with van der Waals surface area (Å²) in [5.41, 5.74) is 7.02. The molecule has 16 heavy (non-hydrogen) atoms. The molecule has 1 aromatic rings. The highest BCUT2D eigenvalue weighted by Crippen LogP contribution is 2.38. The first-order chi connectivity index (χ1) is 7.70. The molecule has 0 fully saturated rings. The molecule has 1 aliphatic heterocycles. The Morgan fingerprint density at radius 2 is 2.12 bits per heavy atom. The zero-order valence-electron chi connectivity index (χ0n) is 9.33. The average molecular weight is 242 g/mol. The number of fused-ring (bicyclic) bond motifs is 1. The summed E-state index contributed by atoms with van der Waals surface area (Å²) in [6.07, 6.45) is 1.76. The van der Waals surface area contributed by atoms with E-state index in [0.29, 0.717) is 24.0 Å². The lowest BCUT2D eigenvalue weighted by Crippen LogP contribution is -2.22. The maximum Gasteiger partial charge on any atom is 0.179 e. The summed E-state index contributed by atoms with van der Waals surface area (Å²) in [7, 11) is 0. The van der Waals surface area contributed by atoms with E-state index in [4.69, 9.17) is 26.8 Å². The van der Waals surface area contributed by atoms with E-state index >= 15 is 0 Å². The third-order valence-corrected chi connectivity index (χ3v) is 2.96. The van der Waals surface area contributed by atoms with Crippen LogP contribution in [0.3, 0.4) is 0 Å². The molecule has 1 aliphatic rings. The van der Waals surface area contributed by atoms with Gasteiger partial charge in [-0.05, 0) is 30.5 Å². The fourth-order valence-corrected chi connectivity index (χ4v) is 2.02. The Labute approximate surface area is 100 Å². The first kappa shape index (κ1) is 11.6. The second-order valence-electron chi connectivity index (χ2n) is 3.97. The van der Waals surface area contributed by atoms with Gasteiger partial charge < -0.3 is 15.2 Å². The van der Waals surface area contributed by atoms with Crippen LogP contribution in [0.1, 0.15) is 18.9 Å². The van der Waals surface area contributed by atoms with Crippen molar-refractivity contribution < 1.29 is 9.47 Å². The lowest BCUT2D eigenvalue weighted by molar-refractivity contribution is 0.171. The summed E-state index contributed by atoms with van der Waals surface area (Å²) < 4.78 is 11.0. The predicted molar refractivity (Wildman–Crippen MR) is 64.4 cm³/mol. The molecule has 0 saturated carbocycles. The smallest absolute Gasteiger partial charge is 0.179 e. The van der Waals surface area contributed by atoms with Crippen LogP contribution in [0.5, 0.6) is 11.5 Å². The minimum absolute atomic E-state index is 0.165. The Morgan fingerprint density at radius 3 is 2.88 bits per heavy atom. The quantitative estimate of drug-likeness (QED) is 0.884. The summed E-state index contributed by atoms with van der Waals surface area (Å²) in [4.78, 5) is 0. The molecule has 0 aliphatic carbocycles. The molecule has 0 bridgehead atoms. The minimum Gasteiger partial charge on any atom is -0.486 e. The van der Waals surface area contributed by atoms with Crippen molar-refractivity contribution in [3.8, 4) is 11.5 Å². The molecule has 0 amide bonds. The highest BCUT2D eigenvalue weighted by Gasteiger charge is 2.17.